The van der Waals surface area contributed by atoms with Gasteiger partial charge in [0.1, 0.15) is 25.1 Å². The summed E-state index contributed by atoms with van der Waals surface area (Å²) in [7, 11) is -3.69. The molecule has 240 valence electrons. The van der Waals surface area contributed by atoms with Crippen LogP contribution in [0.15, 0.2) is 72.8 Å². The molecule has 1 aliphatic heterocycles. The number of hydrogen-bond acceptors (Lipinski definition) is 6. The largest absolute Gasteiger partial charge is 0.486 e. The molecule has 11 heteroatoms. The molecular formula is C34H40FN3O6S. The first-order valence-corrected chi connectivity index (χ1v) is 17.3. The predicted molar refractivity (Wildman–Crippen MR) is 170 cm³/mol. The fraction of sp³-hybridized carbons (Fsp3) is 0.412. The van der Waals surface area contributed by atoms with Crippen LogP contribution in [-0.2, 0) is 32.6 Å². The van der Waals surface area contributed by atoms with Gasteiger partial charge in [-0.1, -0.05) is 55.3 Å². The van der Waals surface area contributed by atoms with E-state index >= 15 is 0 Å². The van der Waals surface area contributed by atoms with E-state index in [0.29, 0.717) is 42.4 Å². The second-order valence-corrected chi connectivity index (χ2v) is 13.5. The highest BCUT2D eigenvalue weighted by Gasteiger charge is 2.32. The van der Waals surface area contributed by atoms with Gasteiger partial charge in [0.2, 0.25) is 21.8 Å². The summed E-state index contributed by atoms with van der Waals surface area (Å²) >= 11 is 0. The number of nitrogens with zero attached hydrogens (tertiary/aromatic N) is 2. The van der Waals surface area contributed by atoms with Crippen molar-refractivity contribution in [1.29, 1.82) is 0 Å². The lowest BCUT2D eigenvalue weighted by Gasteiger charge is -2.33. The van der Waals surface area contributed by atoms with Crippen molar-refractivity contribution in [2.75, 3.05) is 30.3 Å². The summed E-state index contributed by atoms with van der Waals surface area (Å²) in [6.07, 6.45) is 5.53. The monoisotopic (exact) mass is 637 g/mol. The molecule has 1 saturated carbocycles. The maximum atomic E-state index is 14.0. The van der Waals surface area contributed by atoms with E-state index in [4.69, 9.17) is 9.47 Å². The van der Waals surface area contributed by atoms with Crippen molar-refractivity contribution in [3.05, 3.63) is 89.7 Å². The quantitative estimate of drug-likeness (QED) is 0.288. The minimum atomic E-state index is -3.69. The van der Waals surface area contributed by atoms with Gasteiger partial charge in [-0.05, 0) is 54.7 Å². The van der Waals surface area contributed by atoms with Crippen molar-refractivity contribution in [2.24, 2.45) is 0 Å². The van der Waals surface area contributed by atoms with Gasteiger partial charge in [-0.3, -0.25) is 13.9 Å². The number of anilines is 1. The van der Waals surface area contributed by atoms with E-state index in [1.54, 1.807) is 35.2 Å². The van der Waals surface area contributed by atoms with Gasteiger partial charge >= 0.3 is 0 Å². The third kappa shape index (κ3) is 8.75. The number of amides is 2. The molecule has 1 aliphatic carbocycles. The molecule has 0 bridgehead atoms. The Balaban J connectivity index is 1.37. The lowest BCUT2D eigenvalue weighted by Crippen LogP contribution is -2.52. The first-order chi connectivity index (χ1) is 21.7. The number of hydrogen-bond donors (Lipinski definition) is 1. The molecule has 45 heavy (non-hydrogen) atoms. The van der Waals surface area contributed by atoms with Gasteiger partial charge in [-0.25, -0.2) is 12.8 Å². The van der Waals surface area contributed by atoms with E-state index in [9.17, 15) is 22.4 Å². The highest BCUT2D eigenvalue weighted by atomic mass is 32.2. The Morgan fingerprint density at radius 3 is 2.31 bits per heavy atom. The second-order valence-electron chi connectivity index (χ2n) is 11.6. The van der Waals surface area contributed by atoms with Crippen LogP contribution >= 0.6 is 0 Å². The van der Waals surface area contributed by atoms with Gasteiger partial charge in [0.05, 0.1) is 11.9 Å². The molecule has 9 nitrogen and oxygen atoms in total. The van der Waals surface area contributed by atoms with Crippen LogP contribution in [0.3, 0.4) is 0 Å². The number of rotatable bonds is 13. The number of fused-ring (bicyclic) bond motifs is 1. The van der Waals surface area contributed by atoms with E-state index in [0.717, 1.165) is 37.5 Å². The molecule has 1 fully saturated rings. The summed E-state index contributed by atoms with van der Waals surface area (Å²) in [6, 6.07) is 19.6. The minimum absolute atomic E-state index is 0.000233. The van der Waals surface area contributed by atoms with Crippen LogP contribution in [0.25, 0.3) is 0 Å². The van der Waals surface area contributed by atoms with Crippen LogP contribution in [0.5, 0.6) is 11.5 Å². The van der Waals surface area contributed by atoms with Crippen molar-refractivity contribution >= 4 is 27.5 Å². The van der Waals surface area contributed by atoms with Gasteiger partial charge in [0.15, 0.2) is 11.5 Å². The van der Waals surface area contributed by atoms with Crippen LogP contribution in [0.4, 0.5) is 10.1 Å². The summed E-state index contributed by atoms with van der Waals surface area (Å²) in [5, 5.41) is 3.17. The summed E-state index contributed by atoms with van der Waals surface area (Å²) < 4.78 is 51.8. The molecule has 2 aliphatic rings. The Bertz CT molecular complexity index is 1560. The first-order valence-electron chi connectivity index (χ1n) is 15.4. The third-order valence-corrected chi connectivity index (χ3v) is 9.40. The van der Waals surface area contributed by atoms with Gasteiger partial charge in [0, 0.05) is 38.0 Å². The molecule has 5 rings (SSSR count). The maximum Gasteiger partial charge on any atom is 0.243 e. The Kier molecular flexibility index (Phi) is 10.6. The Morgan fingerprint density at radius 2 is 1.62 bits per heavy atom. The van der Waals surface area contributed by atoms with Crippen LogP contribution in [0.2, 0.25) is 0 Å². The fourth-order valence-electron chi connectivity index (χ4n) is 5.90. The van der Waals surface area contributed by atoms with E-state index in [-0.39, 0.29) is 43.8 Å². The number of nitrogens with one attached hydrogen (secondary N) is 1. The molecule has 1 heterocycles. The van der Waals surface area contributed by atoms with Gasteiger partial charge < -0.3 is 19.7 Å². The van der Waals surface area contributed by atoms with Crippen LogP contribution in [0.1, 0.15) is 49.7 Å². The number of carbonyl (C=O) groups excluding carboxylic acids is 2. The zero-order chi connectivity index (χ0) is 31.8. The molecule has 3 aromatic carbocycles. The molecule has 1 atom stereocenters. The molecular weight excluding hydrogens is 597 g/mol. The Hall–Kier alpha value is -4.12. The van der Waals surface area contributed by atoms with E-state index in [1.165, 1.54) is 16.4 Å². The van der Waals surface area contributed by atoms with Crippen LogP contribution in [0, 0.1) is 5.82 Å². The predicted octanol–water partition coefficient (Wildman–Crippen LogP) is 4.84. The third-order valence-electron chi connectivity index (χ3n) is 8.20. The van der Waals surface area contributed by atoms with E-state index in [2.05, 4.69) is 5.32 Å². The van der Waals surface area contributed by atoms with Crippen molar-refractivity contribution < 1.29 is 31.9 Å². The molecule has 3 aromatic rings. The van der Waals surface area contributed by atoms with Crippen LogP contribution < -0.4 is 19.1 Å². The Morgan fingerprint density at radius 1 is 0.933 bits per heavy atom. The highest BCUT2D eigenvalue weighted by molar-refractivity contribution is 7.92. The SMILES string of the molecule is CS(=O)(=O)N(CCCC(=O)N(Cc1ccc(F)cc1)[C@H](Cc1ccccc1)C(=O)NC1CCCC1)c1ccc2c(c1)OCCO2. The lowest BCUT2D eigenvalue weighted by molar-refractivity contribution is -0.141. The number of benzene rings is 3. The highest BCUT2D eigenvalue weighted by Crippen LogP contribution is 2.35. The zero-order valence-corrected chi connectivity index (χ0v) is 26.3. The Labute approximate surface area is 264 Å². The normalized spacial score (nSPS) is 15.3. The minimum Gasteiger partial charge on any atom is -0.486 e. The molecule has 0 radical (unpaired) electrons. The molecule has 0 unspecified atom stereocenters. The average Bonchev–Trinajstić information content (AvgIpc) is 3.54. The standard InChI is InChI=1S/C34H40FN3O6S/c1-45(41,42)38(29-17-18-31-32(23-29)44-21-20-43-31)19-7-12-33(39)37(24-26-13-15-27(35)16-14-26)30(22-25-8-3-2-4-9-25)34(40)36-28-10-5-6-11-28/h2-4,8-9,13-18,23,28,30H,5-7,10-12,19-22,24H2,1H3,(H,36,40)/t30-/m1/s1. The summed E-state index contributed by atoms with van der Waals surface area (Å²) in [4.78, 5) is 29.4. The average molecular weight is 638 g/mol. The first kappa shape index (κ1) is 32.3. The molecule has 0 spiro atoms. The second kappa shape index (κ2) is 14.8. The molecule has 1 N–H and O–H groups in total. The van der Waals surface area contributed by atoms with Crippen molar-refractivity contribution in [2.45, 2.75) is 63.6 Å². The summed E-state index contributed by atoms with van der Waals surface area (Å²) in [6.45, 7) is 0.938. The van der Waals surface area contributed by atoms with Crippen LogP contribution in [-0.4, -0.2) is 63.2 Å². The smallest absolute Gasteiger partial charge is 0.243 e. The van der Waals surface area contributed by atoms with Crippen molar-refractivity contribution in [3.8, 4) is 11.5 Å². The zero-order valence-electron chi connectivity index (χ0n) is 25.5. The van der Waals surface area contributed by atoms with Gasteiger partial charge in [-0.2, -0.15) is 0 Å². The number of ether oxygens (including phenoxy) is 2. The topological polar surface area (TPSA) is 105 Å². The fourth-order valence-corrected chi connectivity index (χ4v) is 6.86. The van der Waals surface area contributed by atoms with E-state index < -0.39 is 21.9 Å². The van der Waals surface area contributed by atoms with Gasteiger partial charge in [0.25, 0.3) is 0 Å². The number of halogens is 1. The van der Waals surface area contributed by atoms with E-state index in [1.807, 2.05) is 30.3 Å². The molecule has 0 saturated heterocycles. The van der Waals surface area contributed by atoms with Gasteiger partial charge in [-0.15, -0.1) is 0 Å². The summed E-state index contributed by atoms with van der Waals surface area (Å²) in [5.41, 5.74) is 2.00. The number of sulfonamides is 1. The van der Waals surface area contributed by atoms with Crippen molar-refractivity contribution in [1.82, 2.24) is 10.2 Å². The van der Waals surface area contributed by atoms with Crippen molar-refractivity contribution in [3.63, 3.8) is 0 Å². The molecule has 2 amide bonds. The maximum absolute atomic E-state index is 14.0. The summed E-state index contributed by atoms with van der Waals surface area (Å²) in [5.74, 6) is 0.0977. The molecule has 0 aromatic heterocycles. The lowest BCUT2D eigenvalue weighted by atomic mass is 10.0. The number of carbonyl (C=O) groups is 2.